The Morgan fingerprint density at radius 3 is 1.94 bits per heavy atom. The van der Waals surface area contributed by atoms with Crippen molar-refractivity contribution in [1.29, 1.82) is 0 Å². The second-order valence-electron chi connectivity index (χ2n) is 3.95. The molecular weight excluding hydrogens is 307 g/mol. The van der Waals surface area contributed by atoms with Gasteiger partial charge in [0.15, 0.2) is 0 Å². The normalized spacial score (nSPS) is 12.3. The zero-order chi connectivity index (χ0) is 11.2. The summed E-state index contributed by atoms with van der Waals surface area (Å²) in [5.41, 5.74) is 2.87. The minimum absolute atomic E-state index is 0.629. The predicted octanol–water partition coefficient (Wildman–Crippen LogP) is 4.45. The highest BCUT2D eigenvalue weighted by atomic mass is 127. The molecule has 0 aliphatic heterocycles. The molecular formula is C15H15I. The average Bonchev–Trinajstić information content (AvgIpc) is 2.38. The van der Waals surface area contributed by atoms with Crippen LogP contribution in [0.2, 0.25) is 0 Å². The van der Waals surface area contributed by atoms with Gasteiger partial charge in [0.2, 0.25) is 0 Å². The van der Waals surface area contributed by atoms with Crippen molar-refractivity contribution in [3.63, 3.8) is 0 Å². The molecule has 1 heteroatoms. The highest BCUT2D eigenvalue weighted by molar-refractivity contribution is 14.1. The van der Waals surface area contributed by atoms with Crippen LogP contribution in [0.1, 0.15) is 17.0 Å². The molecule has 0 spiro atoms. The second-order valence-corrected chi connectivity index (χ2v) is 4.83. The van der Waals surface area contributed by atoms with E-state index in [0.29, 0.717) is 5.92 Å². The van der Waals surface area contributed by atoms with E-state index in [-0.39, 0.29) is 0 Å². The molecule has 2 aromatic carbocycles. The Bertz CT molecular complexity index is 408. The summed E-state index contributed by atoms with van der Waals surface area (Å²) in [6.07, 6.45) is 1.13. The Hall–Kier alpha value is -0.830. The molecule has 0 nitrogen and oxygen atoms in total. The van der Waals surface area contributed by atoms with Gasteiger partial charge < -0.3 is 0 Å². The number of benzene rings is 2. The van der Waals surface area contributed by atoms with Gasteiger partial charge in [0.1, 0.15) is 0 Å². The number of hydrogen-bond donors (Lipinski definition) is 0. The standard InChI is InChI=1S/C15H15I/c16-12-15(14-9-5-2-6-10-14)11-13-7-3-1-4-8-13/h1-10,15H,11-12H2/t15-/m0/s1. The van der Waals surface area contributed by atoms with E-state index in [1.807, 2.05) is 0 Å². The first-order valence-electron chi connectivity index (χ1n) is 5.55. The van der Waals surface area contributed by atoms with E-state index < -0.39 is 0 Å². The zero-order valence-corrected chi connectivity index (χ0v) is 11.3. The number of halogens is 1. The van der Waals surface area contributed by atoms with E-state index in [0.717, 1.165) is 10.8 Å². The number of alkyl halides is 1. The van der Waals surface area contributed by atoms with Gasteiger partial charge in [-0.3, -0.25) is 0 Å². The number of rotatable bonds is 4. The molecule has 2 aromatic rings. The molecule has 2 rings (SSSR count). The molecule has 0 unspecified atom stereocenters. The van der Waals surface area contributed by atoms with Crippen LogP contribution in [0, 0.1) is 0 Å². The average molecular weight is 322 g/mol. The molecule has 0 aromatic heterocycles. The van der Waals surface area contributed by atoms with E-state index in [2.05, 4.69) is 83.3 Å². The van der Waals surface area contributed by atoms with Crippen molar-refractivity contribution in [3.05, 3.63) is 71.8 Å². The molecule has 16 heavy (non-hydrogen) atoms. The summed E-state index contributed by atoms with van der Waals surface area (Å²) >= 11 is 2.48. The molecule has 0 bridgehead atoms. The minimum atomic E-state index is 0.629. The van der Waals surface area contributed by atoms with Crippen LogP contribution in [0.25, 0.3) is 0 Å². The van der Waals surface area contributed by atoms with Crippen LogP contribution in [0.5, 0.6) is 0 Å². The summed E-state index contributed by atoms with van der Waals surface area (Å²) in [5, 5.41) is 0. The van der Waals surface area contributed by atoms with Gasteiger partial charge in [0.05, 0.1) is 0 Å². The zero-order valence-electron chi connectivity index (χ0n) is 9.14. The first-order chi connectivity index (χ1) is 7.90. The lowest BCUT2D eigenvalue weighted by Crippen LogP contribution is -2.04. The van der Waals surface area contributed by atoms with Crippen molar-refractivity contribution < 1.29 is 0 Å². The van der Waals surface area contributed by atoms with Gasteiger partial charge in [-0.2, -0.15) is 0 Å². The highest BCUT2D eigenvalue weighted by Crippen LogP contribution is 2.22. The van der Waals surface area contributed by atoms with Crippen LogP contribution < -0.4 is 0 Å². The van der Waals surface area contributed by atoms with Gasteiger partial charge in [-0.25, -0.2) is 0 Å². The monoisotopic (exact) mass is 322 g/mol. The van der Waals surface area contributed by atoms with Crippen molar-refractivity contribution in [1.82, 2.24) is 0 Å². The van der Waals surface area contributed by atoms with Crippen molar-refractivity contribution in [2.45, 2.75) is 12.3 Å². The third kappa shape index (κ3) is 3.08. The Balaban J connectivity index is 2.13. The molecule has 0 fully saturated rings. The predicted molar refractivity (Wildman–Crippen MR) is 78.2 cm³/mol. The summed E-state index contributed by atoms with van der Waals surface area (Å²) in [6.45, 7) is 0. The maximum Gasteiger partial charge on any atom is 0.00674 e. The second kappa shape index (κ2) is 6.04. The molecule has 0 aliphatic rings. The lowest BCUT2D eigenvalue weighted by atomic mass is 9.94. The van der Waals surface area contributed by atoms with Crippen LogP contribution in [-0.4, -0.2) is 4.43 Å². The Kier molecular flexibility index (Phi) is 4.40. The topological polar surface area (TPSA) is 0 Å². The van der Waals surface area contributed by atoms with Gasteiger partial charge in [-0.1, -0.05) is 83.3 Å². The van der Waals surface area contributed by atoms with Crippen LogP contribution in [-0.2, 0) is 6.42 Å². The lowest BCUT2D eigenvalue weighted by Gasteiger charge is -2.14. The van der Waals surface area contributed by atoms with Crippen molar-refractivity contribution >= 4 is 22.6 Å². The highest BCUT2D eigenvalue weighted by Gasteiger charge is 2.09. The molecule has 0 saturated heterocycles. The van der Waals surface area contributed by atoms with E-state index in [1.165, 1.54) is 11.1 Å². The van der Waals surface area contributed by atoms with E-state index >= 15 is 0 Å². The van der Waals surface area contributed by atoms with Crippen LogP contribution in [0.4, 0.5) is 0 Å². The van der Waals surface area contributed by atoms with Gasteiger partial charge in [-0.15, -0.1) is 0 Å². The van der Waals surface area contributed by atoms with E-state index in [1.54, 1.807) is 0 Å². The summed E-state index contributed by atoms with van der Waals surface area (Å²) in [4.78, 5) is 0. The molecule has 0 amide bonds. The molecule has 0 N–H and O–H groups in total. The molecule has 0 aliphatic carbocycles. The van der Waals surface area contributed by atoms with Gasteiger partial charge in [0, 0.05) is 4.43 Å². The number of hydrogen-bond acceptors (Lipinski definition) is 0. The van der Waals surface area contributed by atoms with Crippen molar-refractivity contribution in [3.8, 4) is 0 Å². The Morgan fingerprint density at radius 1 is 0.812 bits per heavy atom. The molecule has 82 valence electrons. The first kappa shape index (κ1) is 11.6. The van der Waals surface area contributed by atoms with Crippen LogP contribution in [0.3, 0.4) is 0 Å². The summed E-state index contributed by atoms with van der Waals surface area (Å²) in [5.74, 6) is 0.629. The molecule has 0 radical (unpaired) electrons. The fourth-order valence-electron chi connectivity index (χ4n) is 1.89. The van der Waals surface area contributed by atoms with Crippen molar-refractivity contribution in [2.75, 3.05) is 4.43 Å². The van der Waals surface area contributed by atoms with E-state index in [9.17, 15) is 0 Å². The summed E-state index contributed by atoms with van der Waals surface area (Å²) in [6, 6.07) is 21.5. The minimum Gasteiger partial charge on any atom is -0.0857 e. The lowest BCUT2D eigenvalue weighted by molar-refractivity contribution is 0.781. The van der Waals surface area contributed by atoms with Gasteiger partial charge in [0.25, 0.3) is 0 Å². The fraction of sp³-hybridized carbons (Fsp3) is 0.200. The smallest absolute Gasteiger partial charge is 0.00674 e. The largest absolute Gasteiger partial charge is 0.0857 e. The van der Waals surface area contributed by atoms with Crippen molar-refractivity contribution in [2.24, 2.45) is 0 Å². The SMILES string of the molecule is IC[C@H](Cc1ccccc1)c1ccccc1. The van der Waals surface area contributed by atoms with Gasteiger partial charge in [-0.05, 0) is 23.5 Å². The Labute approximate surface area is 111 Å². The third-order valence-electron chi connectivity index (χ3n) is 2.78. The van der Waals surface area contributed by atoms with Crippen LogP contribution in [0.15, 0.2) is 60.7 Å². The van der Waals surface area contributed by atoms with Gasteiger partial charge >= 0.3 is 0 Å². The Morgan fingerprint density at radius 2 is 1.38 bits per heavy atom. The maximum atomic E-state index is 2.48. The molecule has 0 heterocycles. The maximum absolute atomic E-state index is 2.48. The van der Waals surface area contributed by atoms with Crippen LogP contribution >= 0.6 is 22.6 Å². The van der Waals surface area contributed by atoms with E-state index in [4.69, 9.17) is 0 Å². The molecule has 0 saturated carbocycles. The fourth-order valence-corrected chi connectivity index (χ4v) is 2.71. The summed E-state index contributed by atoms with van der Waals surface area (Å²) in [7, 11) is 0. The quantitative estimate of drug-likeness (QED) is 0.576. The molecule has 1 atom stereocenters. The third-order valence-corrected chi connectivity index (χ3v) is 3.85. The summed E-state index contributed by atoms with van der Waals surface area (Å²) < 4.78 is 1.16. The first-order valence-corrected chi connectivity index (χ1v) is 7.07.